The van der Waals surface area contributed by atoms with E-state index < -0.39 is 0 Å². The zero-order valence-corrected chi connectivity index (χ0v) is 16.1. The number of hydrogen-bond donors (Lipinski definition) is 0. The van der Waals surface area contributed by atoms with E-state index in [1.807, 2.05) is 36.4 Å². The van der Waals surface area contributed by atoms with E-state index >= 15 is 0 Å². The predicted molar refractivity (Wildman–Crippen MR) is 107 cm³/mol. The summed E-state index contributed by atoms with van der Waals surface area (Å²) in [5, 5.41) is 0. The van der Waals surface area contributed by atoms with Crippen LogP contribution >= 0.6 is 0 Å². The van der Waals surface area contributed by atoms with E-state index in [1.165, 1.54) is 24.9 Å². The number of ether oxygens (including phenoxy) is 2. The van der Waals surface area contributed by atoms with Gasteiger partial charge in [0.1, 0.15) is 11.5 Å². The van der Waals surface area contributed by atoms with Crippen molar-refractivity contribution in [2.45, 2.75) is 39.2 Å². The van der Waals surface area contributed by atoms with E-state index in [0.29, 0.717) is 12.0 Å². The molecule has 0 radical (unpaired) electrons. The first-order valence-corrected chi connectivity index (χ1v) is 9.88. The Balaban J connectivity index is 1.52. The van der Waals surface area contributed by atoms with Crippen molar-refractivity contribution in [1.82, 2.24) is 4.90 Å². The molecule has 0 N–H and O–H groups in total. The molecule has 1 aliphatic rings. The first-order chi connectivity index (χ1) is 12.7. The van der Waals surface area contributed by atoms with E-state index in [-0.39, 0.29) is 0 Å². The van der Waals surface area contributed by atoms with Crippen LogP contribution in [0.2, 0.25) is 0 Å². The lowest BCUT2D eigenvalue weighted by molar-refractivity contribution is 0.00250. The van der Waals surface area contributed by atoms with Crippen LogP contribution < -0.4 is 4.74 Å². The molecule has 3 nitrogen and oxygen atoms in total. The third-order valence-corrected chi connectivity index (χ3v) is 4.90. The van der Waals surface area contributed by atoms with Crippen LogP contribution in [0.5, 0.6) is 11.5 Å². The number of benzene rings is 2. The molecule has 3 rings (SSSR count). The van der Waals surface area contributed by atoms with E-state index in [2.05, 4.69) is 36.9 Å². The van der Waals surface area contributed by atoms with Crippen molar-refractivity contribution in [3.63, 3.8) is 0 Å². The van der Waals surface area contributed by atoms with Gasteiger partial charge >= 0.3 is 0 Å². The Hall–Kier alpha value is -1.84. The van der Waals surface area contributed by atoms with Crippen molar-refractivity contribution >= 4 is 0 Å². The van der Waals surface area contributed by atoms with Crippen LogP contribution in [0.1, 0.15) is 32.3 Å². The number of rotatable bonds is 8. The number of nitrogens with zero attached hydrogens (tertiary/aromatic N) is 1. The van der Waals surface area contributed by atoms with Gasteiger partial charge in [0, 0.05) is 19.7 Å². The number of likely N-dealkylation sites (tertiary alicyclic amines) is 1. The van der Waals surface area contributed by atoms with Gasteiger partial charge in [-0.1, -0.05) is 37.3 Å². The maximum atomic E-state index is 5.96. The van der Waals surface area contributed by atoms with Gasteiger partial charge in [0.25, 0.3) is 0 Å². The Bertz CT molecular complexity index is 656. The van der Waals surface area contributed by atoms with Gasteiger partial charge in [0.15, 0.2) is 0 Å². The third kappa shape index (κ3) is 5.86. The fourth-order valence-electron chi connectivity index (χ4n) is 3.82. The summed E-state index contributed by atoms with van der Waals surface area (Å²) >= 11 is 0. The Morgan fingerprint density at radius 1 is 1.08 bits per heavy atom. The fourth-order valence-corrected chi connectivity index (χ4v) is 3.82. The van der Waals surface area contributed by atoms with Gasteiger partial charge in [-0.05, 0) is 68.5 Å². The summed E-state index contributed by atoms with van der Waals surface area (Å²) in [6, 6.07) is 18.5. The standard InChI is InChI=1S/C23H31NO2/c1-3-25-23-13-8-14-24(18-23)17-19(2)15-20-9-7-12-22(16-20)26-21-10-5-4-6-11-21/h4-7,9-12,16,19,23H,3,8,13-15,17-18H2,1-2H3. The fraction of sp³-hybridized carbons (Fsp3) is 0.478. The molecule has 26 heavy (non-hydrogen) atoms. The summed E-state index contributed by atoms with van der Waals surface area (Å²) in [5.41, 5.74) is 1.34. The van der Waals surface area contributed by atoms with Crippen LogP contribution in [0.15, 0.2) is 54.6 Å². The molecule has 140 valence electrons. The van der Waals surface area contributed by atoms with Gasteiger partial charge < -0.3 is 14.4 Å². The van der Waals surface area contributed by atoms with Gasteiger partial charge in [-0.2, -0.15) is 0 Å². The molecule has 2 aromatic rings. The molecule has 1 aliphatic heterocycles. The second kappa shape index (κ2) is 9.75. The van der Waals surface area contributed by atoms with Crippen molar-refractivity contribution in [3.8, 4) is 11.5 Å². The largest absolute Gasteiger partial charge is 0.457 e. The zero-order valence-electron chi connectivity index (χ0n) is 16.1. The average molecular weight is 354 g/mol. The normalized spacial score (nSPS) is 19.2. The van der Waals surface area contributed by atoms with Crippen LogP contribution in [0.4, 0.5) is 0 Å². The number of para-hydroxylation sites is 1. The SMILES string of the molecule is CCOC1CCCN(CC(C)Cc2cccc(Oc3ccccc3)c2)C1. The third-order valence-electron chi connectivity index (χ3n) is 4.90. The second-order valence-electron chi connectivity index (χ2n) is 7.35. The van der Waals surface area contributed by atoms with E-state index in [0.717, 1.165) is 37.6 Å². The maximum Gasteiger partial charge on any atom is 0.127 e. The highest BCUT2D eigenvalue weighted by molar-refractivity contribution is 5.34. The van der Waals surface area contributed by atoms with Gasteiger partial charge in [-0.25, -0.2) is 0 Å². The average Bonchev–Trinajstić information content (AvgIpc) is 2.63. The van der Waals surface area contributed by atoms with Crippen molar-refractivity contribution in [1.29, 1.82) is 0 Å². The summed E-state index contributed by atoms with van der Waals surface area (Å²) in [7, 11) is 0. The summed E-state index contributed by atoms with van der Waals surface area (Å²) in [6.07, 6.45) is 3.94. The Morgan fingerprint density at radius 2 is 1.88 bits per heavy atom. The van der Waals surface area contributed by atoms with Gasteiger partial charge in [-0.15, -0.1) is 0 Å². The summed E-state index contributed by atoms with van der Waals surface area (Å²) < 4.78 is 11.8. The first-order valence-electron chi connectivity index (χ1n) is 9.88. The lowest BCUT2D eigenvalue weighted by Crippen LogP contribution is -2.41. The van der Waals surface area contributed by atoms with Crippen LogP contribution in [-0.2, 0) is 11.2 Å². The molecule has 0 amide bonds. The summed E-state index contributed by atoms with van der Waals surface area (Å²) in [6.45, 7) is 8.66. The minimum atomic E-state index is 0.420. The quantitative estimate of drug-likeness (QED) is 0.654. The molecule has 1 saturated heterocycles. The lowest BCUT2D eigenvalue weighted by atomic mass is 9.99. The molecule has 0 saturated carbocycles. The highest BCUT2D eigenvalue weighted by atomic mass is 16.5. The van der Waals surface area contributed by atoms with Crippen molar-refractivity contribution < 1.29 is 9.47 Å². The van der Waals surface area contributed by atoms with Crippen LogP contribution in [0.3, 0.4) is 0 Å². The van der Waals surface area contributed by atoms with Crippen molar-refractivity contribution in [3.05, 3.63) is 60.2 Å². The first kappa shape index (κ1) is 18.9. The highest BCUT2D eigenvalue weighted by Crippen LogP contribution is 2.23. The minimum Gasteiger partial charge on any atom is -0.457 e. The van der Waals surface area contributed by atoms with Crippen LogP contribution in [0, 0.1) is 5.92 Å². The molecule has 0 spiro atoms. The molecule has 0 aromatic heterocycles. The molecule has 2 aromatic carbocycles. The summed E-state index contributed by atoms with van der Waals surface area (Å²) in [5.74, 6) is 2.41. The van der Waals surface area contributed by atoms with E-state index in [4.69, 9.17) is 9.47 Å². The monoisotopic (exact) mass is 353 g/mol. The lowest BCUT2D eigenvalue weighted by Gasteiger charge is -2.34. The Morgan fingerprint density at radius 3 is 2.69 bits per heavy atom. The Kier molecular flexibility index (Phi) is 7.10. The minimum absolute atomic E-state index is 0.420. The number of hydrogen-bond acceptors (Lipinski definition) is 3. The van der Waals surface area contributed by atoms with Crippen molar-refractivity contribution in [2.75, 3.05) is 26.2 Å². The van der Waals surface area contributed by atoms with Crippen molar-refractivity contribution in [2.24, 2.45) is 5.92 Å². The molecule has 0 bridgehead atoms. The topological polar surface area (TPSA) is 21.7 Å². The van der Waals surface area contributed by atoms with Gasteiger partial charge in [0.05, 0.1) is 6.10 Å². The highest BCUT2D eigenvalue weighted by Gasteiger charge is 2.21. The second-order valence-corrected chi connectivity index (χ2v) is 7.35. The molecule has 0 aliphatic carbocycles. The Labute approximate surface area is 157 Å². The van der Waals surface area contributed by atoms with Crippen LogP contribution in [-0.4, -0.2) is 37.2 Å². The molecular weight excluding hydrogens is 322 g/mol. The van der Waals surface area contributed by atoms with Gasteiger partial charge in [0.2, 0.25) is 0 Å². The van der Waals surface area contributed by atoms with Gasteiger partial charge in [-0.3, -0.25) is 0 Å². The summed E-state index contributed by atoms with van der Waals surface area (Å²) in [4.78, 5) is 2.57. The molecule has 3 heteroatoms. The molecular formula is C23H31NO2. The number of piperidine rings is 1. The maximum absolute atomic E-state index is 5.96. The molecule has 2 unspecified atom stereocenters. The molecule has 1 fully saturated rings. The zero-order chi connectivity index (χ0) is 18.2. The van der Waals surface area contributed by atoms with Crippen LogP contribution in [0.25, 0.3) is 0 Å². The predicted octanol–water partition coefficient (Wildman–Crippen LogP) is 5.16. The molecule has 2 atom stereocenters. The van der Waals surface area contributed by atoms with E-state index in [1.54, 1.807) is 0 Å². The van der Waals surface area contributed by atoms with E-state index in [9.17, 15) is 0 Å². The smallest absolute Gasteiger partial charge is 0.127 e. The molecule has 1 heterocycles.